The van der Waals surface area contributed by atoms with Gasteiger partial charge in [0.05, 0.1) is 0 Å². The molecule has 2 heteroatoms. The zero-order chi connectivity index (χ0) is 9.80. The Labute approximate surface area is 85.5 Å². The lowest BCUT2D eigenvalue weighted by atomic mass is 9.92. The molecule has 0 bridgehead atoms. The van der Waals surface area contributed by atoms with E-state index in [0.29, 0.717) is 0 Å². The van der Waals surface area contributed by atoms with E-state index in [1.165, 1.54) is 24.9 Å². The van der Waals surface area contributed by atoms with Crippen molar-refractivity contribution in [1.29, 1.82) is 0 Å². The molecule has 0 aliphatic carbocycles. The Balaban J connectivity index is 1.95. The molecule has 0 amide bonds. The molecule has 1 aromatic rings. The molecule has 0 aromatic heterocycles. The van der Waals surface area contributed by atoms with Crippen LogP contribution >= 0.6 is 0 Å². The van der Waals surface area contributed by atoms with Crippen LogP contribution in [0.1, 0.15) is 18.4 Å². The molecule has 0 unspecified atom stereocenters. The summed E-state index contributed by atoms with van der Waals surface area (Å²) in [4.78, 5) is 0. The molecule has 14 heavy (non-hydrogen) atoms. The molecule has 1 atom stereocenters. The number of piperidine rings is 1. The van der Waals surface area contributed by atoms with Crippen molar-refractivity contribution in [3.05, 3.63) is 29.8 Å². The van der Waals surface area contributed by atoms with E-state index in [9.17, 15) is 0 Å². The summed E-state index contributed by atoms with van der Waals surface area (Å²) in [5.41, 5.74) is 8.00. The average molecular weight is 190 g/mol. The van der Waals surface area contributed by atoms with E-state index in [1.54, 1.807) is 0 Å². The quantitative estimate of drug-likeness (QED) is 0.698. The van der Waals surface area contributed by atoms with Gasteiger partial charge < -0.3 is 11.1 Å². The van der Waals surface area contributed by atoms with Crippen LogP contribution in [-0.2, 0) is 6.42 Å². The van der Waals surface area contributed by atoms with Crippen LogP contribution in [0.25, 0.3) is 0 Å². The molecule has 1 aliphatic rings. The monoisotopic (exact) mass is 190 g/mol. The van der Waals surface area contributed by atoms with Crippen molar-refractivity contribution in [1.82, 2.24) is 5.32 Å². The molecule has 0 saturated carbocycles. The van der Waals surface area contributed by atoms with Gasteiger partial charge in [-0.15, -0.1) is 0 Å². The van der Waals surface area contributed by atoms with Crippen LogP contribution in [0.15, 0.2) is 24.3 Å². The van der Waals surface area contributed by atoms with E-state index in [4.69, 9.17) is 5.73 Å². The Kier molecular flexibility index (Phi) is 3.04. The summed E-state index contributed by atoms with van der Waals surface area (Å²) in [6.45, 7) is 2.35. The molecular weight excluding hydrogens is 172 g/mol. The number of hydrogen-bond acceptors (Lipinski definition) is 2. The fraction of sp³-hybridized carbons (Fsp3) is 0.500. The van der Waals surface area contributed by atoms with E-state index in [2.05, 4.69) is 17.4 Å². The predicted molar refractivity (Wildman–Crippen MR) is 60.2 cm³/mol. The Bertz CT molecular complexity index is 290. The molecular formula is C12H18N2. The normalized spacial score (nSPS) is 22.1. The van der Waals surface area contributed by atoms with Gasteiger partial charge in [-0.2, -0.15) is 0 Å². The first-order valence-corrected chi connectivity index (χ1v) is 5.40. The first-order chi connectivity index (χ1) is 6.84. The second-order valence-electron chi connectivity index (χ2n) is 4.16. The molecule has 1 aromatic carbocycles. The van der Waals surface area contributed by atoms with E-state index in [-0.39, 0.29) is 0 Å². The number of rotatable bonds is 2. The van der Waals surface area contributed by atoms with Crippen LogP contribution in [0, 0.1) is 5.92 Å². The van der Waals surface area contributed by atoms with Crippen LogP contribution in [0.4, 0.5) is 5.69 Å². The van der Waals surface area contributed by atoms with Gasteiger partial charge in [-0.3, -0.25) is 0 Å². The van der Waals surface area contributed by atoms with Gasteiger partial charge in [0, 0.05) is 5.69 Å². The van der Waals surface area contributed by atoms with Crippen LogP contribution in [0.2, 0.25) is 0 Å². The number of hydrogen-bond donors (Lipinski definition) is 2. The van der Waals surface area contributed by atoms with Gasteiger partial charge in [-0.05, 0) is 56.0 Å². The Morgan fingerprint density at radius 2 is 2.36 bits per heavy atom. The number of anilines is 1. The fourth-order valence-electron chi connectivity index (χ4n) is 2.15. The topological polar surface area (TPSA) is 38.0 Å². The molecule has 0 radical (unpaired) electrons. The fourth-order valence-corrected chi connectivity index (χ4v) is 2.15. The first kappa shape index (κ1) is 9.53. The number of nitrogens with one attached hydrogen (secondary N) is 1. The molecule has 2 rings (SSSR count). The van der Waals surface area contributed by atoms with Gasteiger partial charge in [-0.25, -0.2) is 0 Å². The van der Waals surface area contributed by atoms with Gasteiger partial charge in [-0.1, -0.05) is 12.1 Å². The molecule has 1 fully saturated rings. The lowest BCUT2D eigenvalue weighted by molar-refractivity contribution is 0.376. The van der Waals surface area contributed by atoms with Gasteiger partial charge in [0.25, 0.3) is 0 Å². The third kappa shape index (κ3) is 2.48. The maximum absolute atomic E-state index is 5.75. The van der Waals surface area contributed by atoms with E-state index in [1.807, 2.05) is 12.1 Å². The van der Waals surface area contributed by atoms with Crippen LogP contribution in [-0.4, -0.2) is 13.1 Å². The van der Waals surface area contributed by atoms with Crippen LogP contribution in [0.5, 0.6) is 0 Å². The van der Waals surface area contributed by atoms with Crippen molar-refractivity contribution in [3.63, 3.8) is 0 Å². The van der Waals surface area contributed by atoms with E-state index in [0.717, 1.165) is 24.6 Å². The molecule has 3 N–H and O–H groups in total. The summed E-state index contributed by atoms with van der Waals surface area (Å²) in [5.74, 6) is 0.797. The Hall–Kier alpha value is -1.02. The minimum Gasteiger partial charge on any atom is -0.399 e. The van der Waals surface area contributed by atoms with Crippen molar-refractivity contribution in [2.24, 2.45) is 5.92 Å². The highest BCUT2D eigenvalue weighted by Crippen LogP contribution is 2.17. The Morgan fingerprint density at radius 1 is 1.43 bits per heavy atom. The zero-order valence-electron chi connectivity index (χ0n) is 8.50. The summed E-state index contributed by atoms with van der Waals surface area (Å²) in [6, 6.07) is 8.25. The second kappa shape index (κ2) is 4.47. The maximum atomic E-state index is 5.75. The van der Waals surface area contributed by atoms with Crippen molar-refractivity contribution in [2.75, 3.05) is 18.8 Å². The summed E-state index contributed by atoms with van der Waals surface area (Å²) in [6.07, 6.45) is 3.83. The van der Waals surface area contributed by atoms with Gasteiger partial charge in [0.1, 0.15) is 0 Å². The van der Waals surface area contributed by atoms with Crippen LogP contribution < -0.4 is 11.1 Å². The van der Waals surface area contributed by atoms with E-state index >= 15 is 0 Å². The molecule has 2 nitrogen and oxygen atoms in total. The SMILES string of the molecule is Nc1cccc(C[C@H]2CCCNC2)c1. The minimum absolute atomic E-state index is 0.797. The largest absolute Gasteiger partial charge is 0.399 e. The molecule has 76 valence electrons. The summed E-state index contributed by atoms with van der Waals surface area (Å²) in [5, 5.41) is 3.44. The predicted octanol–water partition coefficient (Wildman–Crippen LogP) is 1.81. The highest BCUT2D eigenvalue weighted by molar-refractivity contribution is 5.40. The summed E-state index contributed by atoms with van der Waals surface area (Å²) in [7, 11) is 0. The van der Waals surface area contributed by atoms with Crippen LogP contribution in [0.3, 0.4) is 0 Å². The second-order valence-corrected chi connectivity index (χ2v) is 4.16. The van der Waals surface area contributed by atoms with Crippen molar-refractivity contribution < 1.29 is 0 Å². The molecule has 0 spiro atoms. The third-order valence-corrected chi connectivity index (χ3v) is 2.87. The zero-order valence-corrected chi connectivity index (χ0v) is 8.50. The summed E-state index contributed by atoms with van der Waals surface area (Å²) >= 11 is 0. The van der Waals surface area contributed by atoms with Gasteiger partial charge in [0.2, 0.25) is 0 Å². The molecule has 1 saturated heterocycles. The highest BCUT2D eigenvalue weighted by Gasteiger charge is 2.13. The highest BCUT2D eigenvalue weighted by atomic mass is 14.9. The molecule has 1 heterocycles. The van der Waals surface area contributed by atoms with Crippen molar-refractivity contribution in [2.45, 2.75) is 19.3 Å². The average Bonchev–Trinajstić information content (AvgIpc) is 2.19. The summed E-state index contributed by atoms with van der Waals surface area (Å²) < 4.78 is 0. The number of nitrogen functional groups attached to an aromatic ring is 1. The lowest BCUT2D eigenvalue weighted by Crippen LogP contribution is -2.30. The standard InChI is InChI=1S/C12H18N2/c13-12-5-1-3-10(8-12)7-11-4-2-6-14-9-11/h1,3,5,8,11,14H,2,4,6-7,9,13H2/t11-/m1/s1. The van der Waals surface area contributed by atoms with Crippen molar-refractivity contribution >= 4 is 5.69 Å². The van der Waals surface area contributed by atoms with Crippen molar-refractivity contribution in [3.8, 4) is 0 Å². The van der Waals surface area contributed by atoms with Gasteiger partial charge >= 0.3 is 0 Å². The minimum atomic E-state index is 0.797. The first-order valence-electron chi connectivity index (χ1n) is 5.40. The lowest BCUT2D eigenvalue weighted by Gasteiger charge is -2.22. The number of nitrogens with two attached hydrogens (primary N) is 1. The Morgan fingerprint density at radius 3 is 3.07 bits per heavy atom. The number of benzene rings is 1. The smallest absolute Gasteiger partial charge is 0.0316 e. The molecule has 1 aliphatic heterocycles. The van der Waals surface area contributed by atoms with Gasteiger partial charge in [0.15, 0.2) is 0 Å². The third-order valence-electron chi connectivity index (χ3n) is 2.87. The van der Waals surface area contributed by atoms with E-state index < -0.39 is 0 Å². The maximum Gasteiger partial charge on any atom is 0.0316 e.